The number of nitrogens with zero attached hydrogens (tertiary/aromatic N) is 2. The van der Waals surface area contributed by atoms with E-state index in [1.54, 1.807) is 6.33 Å². The van der Waals surface area contributed by atoms with Crippen molar-refractivity contribution in [1.82, 2.24) is 15.3 Å². The molecule has 2 rings (SSSR count). The van der Waals surface area contributed by atoms with Gasteiger partial charge in [-0.1, -0.05) is 0 Å². The van der Waals surface area contributed by atoms with E-state index in [0.29, 0.717) is 5.92 Å². The standard InChI is InChI=1S/C10H15BrN4/c1-7-9(11)10(15-6-14-7)13-5-8-2-3-12-4-8/h6,8,12H,2-5H2,1H3,(H,13,14,15). The van der Waals surface area contributed by atoms with Crippen LogP contribution >= 0.6 is 15.9 Å². The molecule has 1 aromatic rings. The second-order valence-corrected chi connectivity index (χ2v) is 4.65. The number of halogens is 1. The van der Waals surface area contributed by atoms with Gasteiger partial charge in [-0.3, -0.25) is 0 Å². The molecule has 4 nitrogen and oxygen atoms in total. The van der Waals surface area contributed by atoms with Gasteiger partial charge in [-0.05, 0) is 48.3 Å². The SMILES string of the molecule is Cc1ncnc(NCC2CCNC2)c1Br. The Labute approximate surface area is 98.0 Å². The third-order valence-corrected chi connectivity index (χ3v) is 3.63. The summed E-state index contributed by atoms with van der Waals surface area (Å²) in [6.45, 7) is 5.18. The molecule has 5 heteroatoms. The molecule has 0 amide bonds. The van der Waals surface area contributed by atoms with Crippen molar-refractivity contribution in [3.63, 3.8) is 0 Å². The lowest BCUT2D eigenvalue weighted by atomic mass is 10.1. The normalized spacial score (nSPS) is 20.5. The number of aromatic nitrogens is 2. The molecule has 2 N–H and O–H groups in total. The first kappa shape index (κ1) is 10.8. The Morgan fingerprint density at radius 3 is 3.20 bits per heavy atom. The van der Waals surface area contributed by atoms with Crippen molar-refractivity contribution in [2.45, 2.75) is 13.3 Å². The molecule has 1 saturated heterocycles. The molecule has 0 aromatic carbocycles. The molecule has 1 fully saturated rings. The number of hydrogen-bond donors (Lipinski definition) is 2. The van der Waals surface area contributed by atoms with Crippen LogP contribution in [0, 0.1) is 12.8 Å². The van der Waals surface area contributed by atoms with Crippen LogP contribution in [0.15, 0.2) is 10.8 Å². The van der Waals surface area contributed by atoms with E-state index in [0.717, 1.165) is 35.6 Å². The predicted molar refractivity (Wildman–Crippen MR) is 63.9 cm³/mol. The minimum Gasteiger partial charge on any atom is -0.369 e. The average Bonchev–Trinajstić information content (AvgIpc) is 2.73. The zero-order valence-corrected chi connectivity index (χ0v) is 10.3. The van der Waals surface area contributed by atoms with Crippen LogP contribution in [0.5, 0.6) is 0 Å². The van der Waals surface area contributed by atoms with Crippen molar-refractivity contribution in [3.8, 4) is 0 Å². The predicted octanol–water partition coefficient (Wildman–Crippen LogP) is 1.57. The first-order chi connectivity index (χ1) is 7.27. The minimum absolute atomic E-state index is 0.715. The van der Waals surface area contributed by atoms with Gasteiger partial charge in [-0.25, -0.2) is 9.97 Å². The van der Waals surface area contributed by atoms with Gasteiger partial charge < -0.3 is 10.6 Å². The van der Waals surface area contributed by atoms with Crippen LogP contribution in [0.2, 0.25) is 0 Å². The number of rotatable bonds is 3. The number of anilines is 1. The molecule has 0 radical (unpaired) electrons. The maximum Gasteiger partial charge on any atom is 0.144 e. The van der Waals surface area contributed by atoms with Crippen LogP contribution in [0.1, 0.15) is 12.1 Å². The molecule has 1 aliphatic rings. The monoisotopic (exact) mass is 270 g/mol. The first-order valence-electron chi connectivity index (χ1n) is 5.19. The lowest BCUT2D eigenvalue weighted by molar-refractivity contribution is 0.614. The van der Waals surface area contributed by atoms with Crippen LogP contribution in [-0.4, -0.2) is 29.6 Å². The summed E-state index contributed by atoms with van der Waals surface area (Å²) in [5.41, 5.74) is 0.969. The van der Waals surface area contributed by atoms with E-state index in [1.807, 2.05) is 6.92 Å². The minimum atomic E-state index is 0.715. The van der Waals surface area contributed by atoms with Crippen molar-refractivity contribution < 1.29 is 0 Å². The van der Waals surface area contributed by atoms with E-state index in [1.165, 1.54) is 6.42 Å². The highest BCUT2D eigenvalue weighted by molar-refractivity contribution is 9.10. The first-order valence-corrected chi connectivity index (χ1v) is 5.98. The van der Waals surface area contributed by atoms with E-state index in [-0.39, 0.29) is 0 Å². The Hall–Kier alpha value is -0.680. The zero-order valence-electron chi connectivity index (χ0n) is 8.76. The fourth-order valence-corrected chi connectivity index (χ4v) is 2.06. The molecule has 0 aliphatic carbocycles. The van der Waals surface area contributed by atoms with Crippen LogP contribution in [0.3, 0.4) is 0 Å². The van der Waals surface area contributed by atoms with Gasteiger partial charge in [0.25, 0.3) is 0 Å². The van der Waals surface area contributed by atoms with Gasteiger partial charge in [0.05, 0.1) is 10.2 Å². The number of hydrogen-bond acceptors (Lipinski definition) is 4. The number of aryl methyl sites for hydroxylation is 1. The highest BCUT2D eigenvalue weighted by Gasteiger charge is 2.14. The molecular formula is C10H15BrN4. The van der Waals surface area contributed by atoms with Gasteiger partial charge in [-0.15, -0.1) is 0 Å². The Morgan fingerprint density at radius 2 is 2.47 bits per heavy atom. The fourth-order valence-electron chi connectivity index (χ4n) is 1.71. The van der Waals surface area contributed by atoms with Gasteiger partial charge in [0.15, 0.2) is 0 Å². The smallest absolute Gasteiger partial charge is 0.144 e. The molecule has 82 valence electrons. The van der Waals surface area contributed by atoms with Gasteiger partial charge in [-0.2, -0.15) is 0 Å². The maximum atomic E-state index is 4.21. The van der Waals surface area contributed by atoms with E-state index >= 15 is 0 Å². The summed E-state index contributed by atoms with van der Waals surface area (Å²) < 4.78 is 0.968. The van der Waals surface area contributed by atoms with Crippen molar-refractivity contribution in [1.29, 1.82) is 0 Å². The Balaban J connectivity index is 1.95. The zero-order chi connectivity index (χ0) is 10.7. The summed E-state index contributed by atoms with van der Waals surface area (Å²) in [4.78, 5) is 8.32. The molecule has 1 aliphatic heterocycles. The summed E-state index contributed by atoms with van der Waals surface area (Å²) in [7, 11) is 0. The summed E-state index contributed by atoms with van der Waals surface area (Å²) in [5.74, 6) is 1.61. The molecule has 0 spiro atoms. The topological polar surface area (TPSA) is 49.8 Å². The second-order valence-electron chi connectivity index (χ2n) is 3.86. The molecule has 1 unspecified atom stereocenters. The summed E-state index contributed by atoms with van der Waals surface area (Å²) in [6.07, 6.45) is 2.84. The highest BCUT2D eigenvalue weighted by atomic mass is 79.9. The Morgan fingerprint density at radius 1 is 1.60 bits per heavy atom. The van der Waals surface area contributed by atoms with Crippen LogP contribution in [0.25, 0.3) is 0 Å². The van der Waals surface area contributed by atoms with E-state index < -0.39 is 0 Å². The Kier molecular flexibility index (Phi) is 3.53. The molecule has 0 saturated carbocycles. The second kappa shape index (κ2) is 4.90. The third kappa shape index (κ3) is 2.66. The van der Waals surface area contributed by atoms with Crippen LogP contribution in [-0.2, 0) is 0 Å². The quantitative estimate of drug-likeness (QED) is 0.876. The van der Waals surface area contributed by atoms with Gasteiger partial charge in [0.1, 0.15) is 12.1 Å². The van der Waals surface area contributed by atoms with E-state index in [9.17, 15) is 0 Å². The van der Waals surface area contributed by atoms with Crippen LogP contribution < -0.4 is 10.6 Å². The third-order valence-electron chi connectivity index (χ3n) is 2.68. The van der Waals surface area contributed by atoms with Crippen molar-refractivity contribution in [3.05, 3.63) is 16.5 Å². The fraction of sp³-hybridized carbons (Fsp3) is 0.600. The van der Waals surface area contributed by atoms with Crippen molar-refractivity contribution in [2.24, 2.45) is 5.92 Å². The Bertz CT molecular complexity index is 336. The summed E-state index contributed by atoms with van der Waals surface area (Å²) in [5, 5.41) is 6.71. The molecule has 1 aromatic heterocycles. The van der Waals surface area contributed by atoms with Gasteiger partial charge in [0.2, 0.25) is 0 Å². The van der Waals surface area contributed by atoms with Crippen molar-refractivity contribution in [2.75, 3.05) is 25.0 Å². The molecule has 2 heterocycles. The van der Waals surface area contributed by atoms with Gasteiger partial charge in [0, 0.05) is 6.54 Å². The lowest BCUT2D eigenvalue weighted by Gasteiger charge is -2.12. The van der Waals surface area contributed by atoms with E-state index in [4.69, 9.17) is 0 Å². The van der Waals surface area contributed by atoms with Crippen molar-refractivity contribution >= 4 is 21.7 Å². The van der Waals surface area contributed by atoms with E-state index in [2.05, 4.69) is 36.5 Å². The maximum absolute atomic E-state index is 4.21. The molecule has 1 atom stereocenters. The number of nitrogens with one attached hydrogen (secondary N) is 2. The highest BCUT2D eigenvalue weighted by Crippen LogP contribution is 2.22. The average molecular weight is 271 g/mol. The molecule has 0 bridgehead atoms. The van der Waals surface area contributed by atoms with Gasteiger partial charge >= 0.3 is 0 Å². The lowest BCUT2D eigenvalue weighted by Crippen LogP contribution is -2.18. The molecule has 15 heavy (non-hydrogen) atoms. The summed E-state index contributed by atoms with van der Waals surface area (Å²) in [6, 6.07) is 0. The largest absolute Gasteiger partial charge is 0.369 e. The summed E-state index contributed by atoms with van der Waals surface area (Å²) >= 11 is 3.49. The van der Waals surface area contributed by atoms with Crippen LogP contribution in [0.4, 0.5) is 5.82 Å². The molecular weight excluding hydrogens is 256 g/mol.